The van der Waals surface area contributed by atoms with Crippen molar-refractivity contribution in [1.29, 1.82) is 0 Å². The predicted molar refractivity (Wildman–Crippen MR) is 199 cm³/mol. The minimum atomic E-state index is 0.880. The fourth-order valence-electron chi connectivity index (χ4n) is 7.95. The van der Waals surface area contributed by atoms with Gasteiger partial charge < -0.3 is 8.98 Å². The molecule has 0 saturated heterocycles. The second kappa shape index (κ2) is 9.54. The van der Waals surface area contributed by atoms with Crippen LogP contribution in [0.15, 0.2) is 162 Å². The van der Waals surface area contributed by atoms with Gasteiger partial charge in [0.15, 0.2) is 0 Å². The SMILES string of the molecule is c1ccc(-n2c3ccccc3c3cc(-c4ccc5oc6ccc(-c7cc8c9c(cccc9n7)-c7ccccc7-8)cc6c5c4)ccc32)cc1. The van der Waals surface area contributed by atoms with E-state index < -0.39 is 0 Å². The zero-order valence-electron chi connectivity index (χ0n) is 25.8. The Labute approximate surface area is 275 Å². The van der Waals surface area contributed by atoms with Gasteiger partial charge >= 0.3 is 0 Å². The van der Waals surface area contributed by atoms with Crippen LogP contribution in [0.25, 0.3) is 105 Å². The summed E-state index contributed by atoms with van der Waals surface area (Å²) in [5, 5.41) is 5.93. The number of rotatable bonds is 3. The Morgan fingerprint density at radius 3 is 1.88 bits per heavy atom. The highest BCUT2D eigenvalue weighted by atomic mass is 16.3. The third-order valence-electron chi connectivity index (χ3n) is 10.1. The summed E-state index contributed by atoms with van der Waals surface area (Å²) in [5.74, 6) is 0. The first-order chi connectivity index (χ1) is 23.8. The molecule has 0 saturated carbocycles. The van der Waals surface area contributed by atoms with E-state index in [0.29, 0.717) is 0 Å². The van der Waals surface area contributed by atoms with Crippen LogP contribution in [-0.2, 0) is 0 Å². The highest BCUT2D eigenvalue weighted by Crippen LogP contribution is 2.48. The summed E-state index contributed by atoms with van der Waals surface area (Å²) in [6, 6.07) is 56.5. The van der Waals surface area contributed by atoms with Crippen LogP contribution >= 0.6 is 0 Å². The molecular weight excluding hydrogens is 585 g/mol. The van der Waals surface area contributed by atoms with Crippen molar-refractivity contribution >= 4 is 54.6 Å². The molecule has 1 aliphatic carbocycles. The third kappa shape index (κ3) is 3.56. The molecule has 0 atom stereocenters. The third-order valence-corrected chi connectivity index (χ3v) is 10.1. The number of hydrogen-bond acceptors (Lipinski definition) is 2. The second-order valence-corrected chi connectivity index (χ2v) is 12.7. The first kappa shape index (κ1) is 25.7. The van der Waals surface area contributed by atoms with Crippen LogP contribution in [0.3, 0.4) is 0 Å². The van der Waals surface area contributed by atoms with E-state index in [1.165, 1.54) is 55.0 Å². The summed E-state index contributed by atoms with van der Waals surface area (Å²) >= 11 is 0. The van der Waals surface area contributed by atoms with Gasteiger partial charge in [-0.3, -0.25) is 0 Å². The van der Waals surface area contributed by atoms with Crippen LogP contribution in [-0.4, -0.2) is 9.55 Å². The Balaban J connectivity index is 1.07. The standard InChI is InChI=1S/C45H26N2O/c1-2-9-30(10-3-1)47-41-16-7-6-13-33(41)35-23-27(17-20-42(35)47)28-18-21-43-36(24-28)37-25-29(19-22-44(37)48-43)40-26-38-32-12-5-4-11-31(32)34-14-8-15-39(46-40)45(34)38/h1-26H. The zero-order valence-corrected chi connectivity index (χ0v) is 25.8. The molecule has 0 amide bonds. The molecule has 3 heterocycles. The molecule has 0 N–H and O–H groups in total. The molecule has 48 heavy (non-hydrogen) atoms. The second-order valence-electron chi connectivity index (χ2n) is 12.7. The van der Waals surface area contributed by atoms with Gasteiger partial charge in [0.1, 0.15) is 11.2 Å². The lowest BCUT2D eigenvalue weighted by molar-refractivity contribution is 0.669. The van der Waals surface area contributed by atoms with E-state index in [4.69, 9.17) is 9.40 Å². The molecule has 0 unspecified atom stereocenters. The molecule has 1 aliphatic rings. The number of para-hydroxylation sites is 2. The quantitative estimate of drug-likeness (QED) is 0.199. The normalized spacial score (nSPS) is 12.2. The lowest BCUT2D eigenvalue weighted by atomic mass is 9.99. The van der Waals surface area contributed by atoms with Crippen LogP contribution in [0.5, 0.6) is 0 Å². The Hall–Kier alpha value is -6.45. The van der Waals surface area contributed by atoms with Crippen molar-refractivity contribution in [2.45, 2.75) is 0 Å². The van der Waals surface area contributed by atoms with Crippen molar-refractivity contribution in [1.82, 2.24) is 9.55 Å². The largest absolute Gasteiger partial charge is 0.456 e. The van der Waals surface area contributed by atoms with E-state index in [1.54, 1.807) is 0 Å². The van der Waals surface area contributed by atoms with E-state index in [2.05, 4.69) is 162 Å². The fourth-order valence-corrected chi connectivity index (χ4v) is 7.95. The van der Waals surface area contributed by atoms with Gasteiger partial charge in [-0.05, 0) is 106 Å². The number of hydrogen-bond donors (Lipinski definition) is 0. The van der Waals surface area contributed by atoms with E-state index in [0.717, 1.165) is 50.0 Å². The molecule has 3 heteroatoms. The summed E-state index contributed by atoms with van der Waals surface area (Å²) < 4.78 is 8.72. The minimum absolute atomic E-state index is 0.880. The molecule has 0 fully saturated rings. The maximum atomic E-state index is 6.36. The highest BCUT2D eigenvalue weighted by molar-refractivity contribution is 6.15. The topological polar surface area (TPSA) is 31.0 Å². The first-order valence-electron chi connectivity index (χ1n) is 16.4. The molecule has 0 aliphatic heterocycles. The van der Waals surface area contributed by atoms with Gasteiger partial charge in [-0.15, -0.1) is 0 Å². The van der Waals surface area contributed by atoms with Crippen molar-refractivity contribution in [2.24, 2.45) is 0 Å². The average Bonchev–Trinajstić information content (AvgIpc) is 3.80. The summed E-state index contributed by atoms with van der Waals surface area (Å²) in [5.41, 5.74) is 15.8. The Kier molecular flexibility index (Phi) is 5.11. The van der Waals surface area contributed by atoms with Crippen molar-refractivity contribution in [3.8, 4) is 50.3 Å². The summed E-state index contributed by atoms with van der Waals surface area (Å²) in [7, 11) is 0. The Morgan fingerprint density at radius 2 is 1.04 bits per heavy atom. The lowest BCUT2D eigenvalue weighted by Crippen LogP contribution is -1.92. The Bertz CT molecular complexity index is 2950. The lowest BCUT2D eigenvalue weighted by Gasteiger charge is -2.08. The van der Waals surface area contributed by atoms with Gasteiger partial charge in [-0.2, -0.15) is 0 Å². The van der Waals surface area contributed by atoms with Gasteiger partial charge in [-0.25, -0.2) is 4.98 Å². The van der Waals surface area contributed by atoms with Gasteiger partial charge in [0.05, 0.1) is 22.2 Å². The molecular formula is C45H26N2O. The number of furan rings is 1. The van der Waals surface area contributed by atoms with Crippen LogP contribution in [0.4, 0.5) is 0 Å². The molecule has 3 nitrogen and oxygen atoms in total. The maximum Gasteiger partial charge on any atom is 0.135 e. The van der Waals surface area contributed by atoms with Crippen LogP contribution in [0.1, 0.15) is 0 Å². The molecule has 222 valence electrons. The monoisotopic (exact) mass is 610 g/mol. The van der Waals surface area contributed by atoms with E-state index >= 15 is 0 Å². The zero-order chi connectivity index (χ0) is 31.3. The van der Waals surface area contributed by atoms with Crippen LogP contribution in [0, 0.1) is 0 Å². The van der Waals surface area contributed by atoms with E-state index in [-0.39, 0.29) is 0 Å². The molecule has 11 rings (SSSR count). The highest BCUT2D eigenvalue weighted by Gasteiger charge is 2.23. The number of aromatic nitrogens is 2. The van der Waals surface area contributed by atoms with Gasteiger partial charge in [-0.1, -0.05) is 84.9 Å². The van der Waals surface area contributed by atoms with Crippen LogP contribution in [0.2, 0.25) is 0 Å². The van der Waals surface area contributed by atoms with Gasteiger partial charge in [0.2, 0.25) is 0 Å². The van der Waals surface area contributed by atoms with Crippen molar-refractivity contribution in [2.75, 3.05) is 0 Å². The smallest absolute Gasteiger partial charge is 0.135 e. The number of pyridine rings is 1. The van der Waals surface area contributed by atoms with Gasteiger partial charge in [0.25, 0.3) is 0 Å². The van der Waals surface area contributed by atoms with Crippen molar-refractivity contribution in [3.63, 3.8) is 0 Å². The molecule has 0 spiro atoms. The minimum Gasteiger partial charge on any atom is -0.456 e. The maximum absolute atomic E-state index is 6.36. The van der Waals surface area contributed by atoms with E-state index in [1.807, 2.05) is 0 Å². The van der Waals surface area contributed by atoms with Crippen molar-refractivity contribution < 1.29 is 4.42 Å². The molecule has 0 radical (unpaired) electrons. The molecule has 3 aromatic heterocycles. The fraction of sp³-hybridized carbons (Fsp3) is 0. The molecule has 0 bridgehead atoms. The summed E-state index contributed by atoms with van der Waals surface area (Å²) in [6.07, 6.45) is 0. The molecule has 7 aromatic carbocycles. The average molecular weight is 611 g/mol. The first-order valence-corrected chi connectivity index (χ1v) is 16.4. The predicted octanol–water partition coefficient (Wildman–Crippen LogP) is 12.2. The van der Waals surface area contributed by atoms with E-state index in [9.17, 15) is 0 Å². The van der Waals surface area contributed by atoms with Crippen molar-refractivity contribution in [3.05, 3.63) is 158 Å². The van der Waals surface area contributed by atoms with Gasteiger partial charge in [0, 0.05) is 38.2 Å². The number of benzene rings is 7. The number of nitrogens with zero attached hydrogens (tertiary/aromatic N) is 2. The van der Waals surface area contributed by atoms with Crippen LogP contribution < -0.4 is 0 Å². The Morgan fingerprint density at radius 1 is 0.417 bits per heavy atom. The number of fused-ring (bicyclic) bond motifs is 9. The molecule has 10 aromatic rings. The summed E-state index contributed by atoms with van der Waals surface area (Å²) in [4.78, 5) is 5.17. The summed E-state index contributed by atoms with van der Waals surface area (Å²) in [6.45, 7) is 0.